The molecule has 0 saturated carbocycles. The predicted molar refractivity (Wildman–Crippen MR) is 91.8 cm³/mol. The highest BCUT2D eigenvalue weighted by Crippen LogP contribution is 2.38. The van der Waals surface area contributed by atoms with E-state index in [-0.39, 0.29) is 17.4 Å². The van der Waals surface area contributed by atoms with Gasteiger partial charge < -0.3 is 14.2 Å². The lowest BCUT2D eigenvalue weighted by Gasteiger charge is -2.40. The Morgan fingerprint density at radius 2 is 2.12 bits per heavy atom. The zero-order valence-corrected chi connectivity index (χ0v) is 15.3. The number of rotatable bonds is 6. The second-order valence-corrected chi connectivity index (χ2v) is 7.18. The number of carbonyl (C=O) groups is 1. The number of hydrogen-bond donors (Lipinski definition) is 0. The first-order chi connectivity index (χ1) is 11.7. The van der Waals surface area contributed by atoms with Crippen molar-refractivity contribution in [3.63, 3.8) is 0 Å². The van der Waals surface area contributed by atoms with Crippen molar-refractivity contribution < 1.29 is 9.53 Å². The summed E-state index contributed by atoms with van der Waals surface area (Å²) in [5.74, 6) is 1.96. The number of ether oxygens (including phenoxy) is 1. The average Bonchev–Trinajstić information content (AvgIpc) is 3.18. The highest BCUT2D eigenvalue weighted by atomic mass is 16.5. The van der Waals surface area contributed by atoms with Crippen molar-refractivity contribution in [3.05, 3.63) is 11.6 Å². The van der Waals surface area contributed by atoms with E-state index >= 15 is 0 Å². The van der Waals surface area contributed by atoms with Crippen LogP contribution in [0.3, 0.4) is 0 Å². The molecule has 6 nitrogen and oxygen atoms in total. The molecule has 2 atom stereocenters. The van der Waals surface area contributed by atoms with Gasteiger partial charge in [-0.1, -0.05) is 20.3 Å². The smallest absolute Gasteiger partial charge is 0.233 e. The van der Waals surface area contributed by atoms with E-state index in [1.54, 1.807) is 7.11 Å². The van der Waals surface area contributed by atoms with Crippen LogP contribution in [0.1, 0.15) is 69.9 Å². The number of fused-ring (bicyclic) bond motifs is 1. The number of methoxy groups -OCH3 is 1. The lowest BCUT2D eigenvalue weighted by Crippen LogP contribution is -2.52. The molecule has 3 rings (SSSR count). The second kappa shape index (κ2) is 7.21. The molecular weight excluding hydrogens is 304 g/mol. The Morgan fingerprint density at radius 1 is 1.29 bits per heavy atom. The Kier molecular flexibility index (Phi) is 5.23. The maximum Gasteiger partial charge on any atom is 0.233 e. The first-order valence-electron chi connectivity index (χ1n) is 9.39. The highest BCUT2D eigenvalue weighted by molar-refractivity contribution is 5.84. The molecule has 1 aromatic rings. The van der Waals surface area contributed by atoms with Crippen LogP contribution in [0, 0.1) is 0 Å². The largest absolute Gasteiger partial charge is 0.382 e. The van der Waals surface area contributed by atoms with Crippen LogP contribution < -0.4 is 0 Å². The first-order valence-corrected chi connectivity index (χ1v) is 9.39. The summed E-state index contributed by atoms with van der Waals surface area (Å²) in [6.45, 7) is 6.68. The van der Waals surface area contributed by atoms with Gasteiger partial charge in [-0.2, -0.15) is 0 Å². The number of aromatic nitrogens is 3. The van der Waals surface area contributed by atoms with Crippen molar-refractivity contribution in [3.8, 4) is 0 Å². The zero-order valence-electron chi connectivity index (χ0n) is 15.3. The van der Waals surface area contributed by atoms with Crippen LogP contribution in [0.25, 0.3) is 0 Å². The number of aryl methyl sites for hydroxylation is 1. The molecule has 0 bridgehead atoms. The fraction of sp³-hybridized carbons (Fsp3) is 0.833. The van der Waals surface area contributed by atoms with Crippen molar-refractivity contribution in [1.29, 1.82) is 0 Å². The topological polar surface area (TPSA) is 60.2 Å². The summed E-state index contributed by atoms with van der Waals surface area (Å²) in [5.41, 5.74) is -0.129. The molecule has 0 spiro atoms. The van der Waals surface area contributed by atoms with Gasteiger partial charge in [0.25, 0.3) is 0 Å². The highest BCUT2D eigenvalue weighted by Gasteiger charge is 2.46. The molecule has 1 amide bonds. The molecular formula is C18H30N4O2. The van der Waals surface area contributed by atoms with Crippen LogP contribution in [0.5, 0.6) is 0 Å². The van der Waals surface area contributed by atoms with Crippen LogP contribution in [-0.4, -0.2) is 51.4 Å². The van der Waals surface area contributed by atoms with Gasteiger partial charge >= 0.3 is 0 Å². The van der Waals surface area contributed by atoms with Gasteiger partial charge in [-0.25, -0.2) is 0 Å². The lowest BCUT2D eigenvalue weighted by molar-refractivity contribution is -0.140. The third-order valence-corrected chi connectivity index (χ3v) is 5.65. The molecule has 134 valence electrons. The molecule has 0 radical (unpaired) electrons. The van der Waals surface area contributed by atoms with Gasteiger partial charge in [0.1, 0.15) is 11.6 Å². The summed E-state index contributed by atoms with van der Waals surface area (Å²) in [6, 6.07) is 0. The van der Waals surface area contributed by atoms with Crippen molar-refractivity contribution in [1.82, 2.24) is 19.7 Å². The SMILES string of the molecule is CCCC1(COC)CCCN1C(=O)C1CCCn2c(CC)nnc21. The molecule has 3 heterocycles. The van der Waals surface area contributed by atoms with Crippen LogP contribution in [0.4, 0.5) is 0 Å². The Hall–Kier alpha value is -1.43. The van der Waals surface area contributed by atoms with Gasteiger partial charge in [0, 0.05) is 26.6 Å². The number of likely N-dealkylation sites (tertiary alicyclic amines) is 1. The van der Waals surface area contributed by atoms with Crippen molar-refractivity contribution in [2.45, 2.75) is 76.8 Å². The van der Waals surface area contributed by atoms with Gasteiger partial charge in [-0.05, 0) is 32.1 Å². The van der Waals surface area contributed by atoms with E-state index in [1.807, 2.05) is 0 Å². The molecule has 24 heavy (non-hydrogen) atoms. The molecule has 2 aliphatic rings. The van der Waals surface area contributed by atoms with E-state index in [9.17, 15) is 4.79 Å². The van der Waals surface area contributed by atoms with Crippen molar-refractivity contribution >= 4 is 5.91 Å². The number of carbonyl (C=O) groups excluding carboxylic acids is 1. The average molecular weight is 334 g/mol. The van der Waals surface area contributed by atoms with Crippen LogP contribution in [-0.2, 0) is 22.5 Å². The molecule has 2 unspecified atom stereocenters. The second-order valence-electron chi connectivity index (χ2n) is 7.18. The summed E-state index contributed by atoms with van der Waals surface area (Å²) in [6.07, 6.45) is 6.94. The molecule has 6 heteroatoms. The Morgan fingerprint density at radius 3 is 2.83 bits per heavy atom. The van der Waals surface area contributed by atoms with E-state index < -0.39 is 0 Å². The minimum Gasteiger partial charge on any atom is -0.382 e. The monoisotopic (exact) mass is 334 g/mol. The van der Waals surface area contributed by atoms with Crippen molar-refractivity contribution in [2.75, 3.05) is 20.3 Å². The fourth-order valence-electron chi connectivity index (χ4n) is 4.62. The Bertz CT molecular complexity index is 578. The standard InChI is InChI=1S/C18H30N4O2/c1-4-9-18(13-24-3)10-7-12-22(18)17(23)14-8-6-11-21-15(5-2)19-20-16(14)21/h14H,4-13H2,1-3H3. The quantitative estimate of drug-likeness (QED) is 0.802. The fourth-order valence-corrected chi connectivity index (χ4v) is 4.62. The van der Waals surface area contributed by atoms with E-state index in [0.717, 1.165) is 69.7 Å². The molecule has 0 aromatic carbocycles. The minimum atomic E-state index is -0.141. The summed E-state index contributed by atoms with van der Waals surface area (Å²) >= 11 is 0. The van der Waals surface area contributed by atoms with Crippen molar-refractivity contribution in [2.24, 2.45) is 0 Å². The lowest BCUT2D eigenvalue weighted by atomic mass is 9.89. The summed E-state index contributed by atoms with van der Waals surface area (Å²) in [7, 11) is 1.74. The van der Waals surface area contributed by atoms with Gasteiger partial charge in [0.15, 0.2) is 0 Å². The van der Waals surface area contributed by atoms with E-state index in [1.165, 1.54) is 0 Å². The third kappa shape index (κ3) is 2.85. The summed E-state index contributed by atoms with van der Waals surface area (Å²) in [4.78, 5) is 15.5. The third-order valence-electron chi connectivity index (χ3n) is 5.65. The first kappa shape index (κ1) is 17.4. The Balaban J connectivity index is 1.87. The molecule has 1 fully saturated rings. The maximum absolute atomic E-state index is 13.4. The number of amides is 1. The number of nitrogens with zero attached hydrogens (tertiary/aromatic N) is 4. The Labute approximate surface area is 144 Å². The maximum atomic E-state index is 13.4. The molecule has 0 N–H and O–H groups in total. The molecule has 0 aliphatic carbocycles. The molecule has 1 aromatic heterocycles. The van der Waals surface area contributed by atoms with E-state index in [4.69, 9.17) is 4.74 Å². The number of hydrogen-bond acceptors (Lipinski definition) is 4. The predicted octanol–water partition coefficient (Wildman–Crippen LogP) is 2.53. The molecule has 2 aliphatic heterocycles. The van der Waals surface area contributed by atoms with E-state index in [2.05, 4.69) is 33.5 Å². The van der Waals surface area contributed by atoms with Crippen LogP contribution in [0.2, 0.25) is 0 Å². The molecule has 1 saturated heterocycles. The zero-order chi connectivity index (χ0) is 17.2. The summed E-state index contributed by atoms with van der Waals surface area (Å²) < 4.78 is 7.68. The van der Waals surface area contributed by atoms with Gasteiger partial charge in [-0.15, -0.1) is 10.2 Å². The summed E-state index contributed by atoms with van der Waals surface area (Å²) in [5, 5.41) is 8.68. The van der Waals surface area contributed by atoms with E-state index in [0.29, 0.717) is 6.61 Å². The normalized spacial score (nSPS) is 26.6. The minimum absolute atomic E-state index is 0.129. The van der Waals surface area contributed by atoms with Gasteiger partial charge in [0.05, 0.1) is 18.1 Å². The van der Waals surface area contributed by atoms with Crippen LogP contribution in [0.15, 0.2) is 0 Å². The van der Waals surface area contributed by atoms with Gasteiger partial charge in [0.2, 0.25) is 5.91 Å². The van der Waals surface area contributed by atoms with Crippen LogP contribution >= 0.6 is 0 Å². The van der Waals surface area contributed by atoms with Gasteiger partial charge in [-0.3, -0.25) is 4.79 Å².